The maximum Gasteiger partial charge on any atom is 0.262 e. The number of nitrogen functional groups attached to an aromatic ring is 1. The van der Waals surface area contributed by atoms with Crippen LogP contribution in [0.4, 0.5) is 5.82 Å². The number of nitrogens with two attached hydrogens (primary N) is 1. The number of aromatic nitrogens is 4. The van der Waals surface area contributed by atoms with Crippen molar-refractivity contribution in [1.29, 1.82) is 0 Å². The van der Waals surface area contributed by atoms with E-state index in [2.05, 4.69) is 19.9 Å². The molecule has 0 bridgehead atoms. The molecular formula is C20H17Cl4N5O3. The molecule has 0 fully saturated rings. The molecule has 12 heteroatoms. The van der Waals surface area contributed by atoms with E-state index in [0.717, 1.165) is 0 Å². The number of fused-ring (bicyclic) bond motifs is 2. The van der Waals surface area contributed by atoms with Gasteiger partial charge in [-0.2, -0.15) is 0 Å². The Bertz CT molecular complexity index is 1350. The number of halogens is 4. The summed E-state index contributed by atoms with van der Waals surface area (Å²) in [5.41, 5.74) is 6.71. The Hall–Kier alpha value is -2.52. The van der Waals surface area contributed by atoms with Crippen LogP contribution < -0.4 is 20.8 Å². The van der Waals surface area contributed by atoms with E-state index in [4.69, 9.17) is 61.6 Å². The van der Waals surface area contributed by atoms with E-state index in [9.17, 15) is 4.79 Å². The molecule has 0 spiro atoms. The lowest BCUT2D eigenvalue weighted by Crippen LogP contribution is -2.12. The molecule has 3 N–H and O–H groups in total. The van der Waals surface area contributed by atoms with Gasteiger partial charge in [-0.05, 0) is 24.3 Å². The molecule has 0 radical (unpaired) electrons. The molecule has 32 heavy (non-hydrogen) atoms. The number of nitrogens with zero attached hydrogens (tertiary/aromatic N) is 3. The van der Waals surface area contributed by atoms with Crippen LogP contribution in [0.25, 0.3) is 21.8 Å². The summed E-state index contributed by atoms with van der Waals surface area (Å²) < 4.78 is 10.3. The third-order valence-electron chi connectivity index (χ3n) is 4.33. The van der Waals surface area contributed by atoms with Crippen molar-refractivity contribution in [3.8, 4) is 11.5 Å². The number of hydrogen-bond donors (Lipinski definition) is 2. The Morgan fingerprint density at radius 2 is 1.44 bits per heavy atom. The van der Waals surface area contributed by atoms with Gasteiger partial charge in [0, 0.05) is 0 Å². The summed E-state index contributed by atoms with van der Waals surface area (Å²) in [4.78, 5) is 26.8. The number of anilines is 1. The van der Waals surface area contributed by atoms with Gasteiger partial charge in [-0.15, -0.1) is 23.2 Å². The molecule has 8 nitrogen and oxygen atoms in total. The first kappa shape index (κ1) is 24.1. The quantitative estimate of drug-likeness (QED) is 0.369. The van der Waals surface area contributed by atoms with E-state index in [1.165, 1.54) is 14.2 Å². The van der Waals surface area contributed by atoms with Crippen molar-refractivity contribution < 1.29 is 9.47 Å². The first-order chi connectivity index (χ1) is 15.3. The highest BCUT2D eigenvalue weighted by molar-refractivity contribution is 6.33. The minimum Gasteiger partial charge on any atom is -0.494 e. The molecule has 168 valence electrons. The summed E-state index contributed by atoms with van der Waals surface area (Å²) in [5.74, 6) is 2.40. The SMILES string of the molecule is COc1c(Cl)ccc2nc(CCl)[nH]c(=O)c12.COc1c(Cl)ccc2nc(CCl)nc(N)c12. The number of methoxy groups -OCH3 is 2. The van der Waals surface area contributed by atoms with Gasteiger partial charge in [0.2, 0.25) is 0 Å². The van der Waals surface area contributed by atoms with Gasteiger partial charge < -0.3 is 20.2 Å². The summed E-state index contributed by atoms with van der Waals surface area (Å²) in [7, 11) is 2.98. The number of aromatic amines is 1. The van der Waals surface area contributed by atoms with Crippen molar-refractivity contribution >= 4 is 74.0 Å². The van der Waals surface area contributed by atoms with Gasteiger partial charge >= 0.3 is 0 Å². The predicted molar refractivity (Wildman–Crippen MR) is 129 cm³/mol. The molecule has 0 saturated heterocycles. The van der Waals surface area contributed by atoms with Gasteiger partial charge in [-0.1, -0.05) is 23.2 Å². The van der Waals surface area contributed by atoms with E-state index in [0.29, 0.717) is 60.8 Å². The predicted octanol–water partition coefficient (Wildman–Crippen LogP) is 4.94. The number of benzene rings is 2. The Balaban J connectivity index is 0.000000181. The molecule has 4 rings (SSSR count). The van der Waals surface area contributed by atoms with Crippen molar-refractivity contribution in [3.05, 3.63) is 56.3 Å². The Labute approximate surface area is 202 Å². The second-order valence-corrected chi connectivity index (χ2v) is 7.60. The first-order valence-corrected chi connectivity index (χ1v) is 10.8. The van der Waals surface area contributed by atoms with Gasteiger partial charge in [0.25, 0.3) is 5.56 Å². The highest BCUT2D eigenvalue weighted by Crippen LogP contribution is 2.35. The van der Waals surface area contributed by atoms with Gasteiger partial charge in [0.1, 0.15) is 22.9 Å². The number of rotatable bonds is 4. The smallest absolute Gasteiger partial charge is 0.262 e. The van der Waals surface area contributed by atoms with Crippen molar-refractivity contribution in [1.82, 2.24) is 19.9 Å². The average Bonchev–Trinajstić information content (AvgIpc) is 2.79. The summed E-state index contributed by atoms with van der Waals surface area (Å²) in [6, 6.07) is 6.75. The van der Waals surface area contributed by atoms with Crippen LogP contribution in [0, 0.1) is 0 Å². The lowest BCUT2D eigenvalue weighted by atomic mass is 10.2. The van der Waals surface area contributed by atoms with Gasteiger partial charge in [-0.3, -0.25) is 4.79 Å². The fourth-order valence-corrected chi connectivity index (χ4v) is 3.71. The van der Waals surface area contributed by atoms with Crippen LogP contribution in [0.3, 0.4) is 0 Å². The van der Waals surface area contributed by atoms with Gasteiger partial charge in [-0.25, -0.2) is 15.0 Å². The fraction of sp³-hybridized carbons (Fsp3) is 0.200. The van der Waals surface area contributed by atoms with Gasteiger partial charge in [0.15, 0.2) is 11.5 Å². The molecule has 0 unspecified atom stereocenters. The maximum absolute atomic E-state index is 11.8. The normalized spacial score (nSPS) is 10.7. The minimum absolute atomic E-state index is 0.149. The molecule has 0 aliphatic heterocycles. The Kier molecular flexibility index (Phi) is 7.84. The minimum atomic E-state index is -0.306. The van der Waals surface area contributed by atoms with Crippen LogP contribution in [0.2, 0.25) is 10.0 Å². The summed E-state index contributed by atoms with van der Waals surface area (Å²) in [5, 5.41) is 1.80. The molecule has 0 amide bonds. The van der Waals surface area contributed by atoms with Crippen molar-refractivity contribution in [2.24, 2.45) is 0 Å². The number of hydrogen-bond acceptors (Lipinski definition) is 7. The molecule has 0 atom stereocenters. The molecule has 0 saturated carbocycles. The van der Waals surface area contributed by atoms with Crippen LogP contribution in [0.1, 0.15) is 11.6 Å². The van der Waals surface area contributed by atoms with Crippen LogP contribution in [0.5, 0.6) is 11.5 Å². The van der Waals surface area contributed by atoms with Crippen molar-refractivity contribution in [2.45, 2.75) is 11.8 Å². The Morgan fingerprint density at radius 1 is 0.875 bits per heavy atom. The average molecular weight is 517 g/mol. The van der Waals surface area contributed by atoms with Gasteiger partial charge in [0.05, 0.1) is 52.4 Å². The van der Waals surface area contributed by atoms with E-state index in [-0.39, 0.29) is 17.3 Å². The molecule has 0 aliphatic carbocycles. The molecule has 2 heterocycles. The highest BCUT2D eigenvalue weighted by Gasteiger charge is 2.13. The largest absolute Gasteiger partial charge is 0.494 e. The van der Waals surface area contributed by atoms with Crippen LogP contribution >= 0.6 is 46.4 Å². The third-order valence-corrected chi connectivity index (χ3v) is 5.41. The Morgan fingerprint density at radius 3 is 1.97 bits per heavy atom. The molecule has 2 aromatic heterocycles. The highest BCUT2D eigenvalue weighted by atomic mass is 35.5. The zero-order valence-electron chi connectivity index (χ0n) is 16.9. The summed E-state index contributed by atoms with van der Waals surface area (Å²) in [6.07, 6.45) is 0. The molecule has 0 aliphatic rings. The van der Waals surface area contributed by atoms with Crippen LogP contribution in [0.15, 0.2) is 29.1 Å². The van der Waals surface area contributed by atoms with Crippen LogP contribution in [-0.4, -0.2) is 34.2 Å². The number of ether oxygens (including phenoxy) is 2. The first-order valence-electron chi connectivity index (χ1n) is 9.00. The zero-order valence-corrected chi connectivity index (χ0v) is 19.9. The van der Waals surface area contributed by atoms with E-state index < -0.39 is 0 Å². The molecule has 4 aromatic rings. The molecular weight excluding hydrogens is 500 g/mol. The van der Waals surface area contributed by atoms with E-state index in [1.807, 2.05) is 0 Å². The fourth-order valence-electron chi connectivity index (χ4n) is 3.00. The van der Waals surface area contributed by atoms with E-state index in [1.54, 1.807) is 24.3 Å². The monoisotopic (exact) mass is 515 g/mol. The number of nitrogens with one attached hydrogen (secondary N) is 1. The lowest BCUT2D eigenvalue weighted by molar-refractivity contribution is 0.419. The lowest BCUT2D eigenvalue weighted by Gasteiger charge is -2.09. The number of alkyl halides is 2. The summed E-state index contributed by atoms with van der Waals surface area (Å²) >= 11 is 23.2. The van der Waals surface area contributed by atoms with Crippen molar-refractivity contribution in [2.75, 3.05) is 20.0 Å². The maximum atomic E-state index is 11.8. The zero-order chi connectivity index (χ0) is 23.4. The van der Waals surface area contributed by atoms with E-state index >= 15 is 0 Å². The second kappa shape index (κ2) is 10.4. The second-order valence-electron chi connectivity index (χ2n) is 6.25. The topological polar surface area (TPSA) is 116 Å². The standard InChI is InChI=1S/C10H9Cl2N3O.C10H8Cl2N2O2/c1-16-9-5(12)2-3-6-8(9)10(13)15-7(4-11)14-6;1-16-9-5(12)2-3-6-8(9)10(15)14-7(4-11)13-6/h2-3H,4H2,1H3,(H2,13,14,15);2-3H,4H2,1H3,(H,13,14,15). The molecule has 2 aromatic carbocycles. The van der Waals surface area contributed by atoms with Crippen LogP contribution in [-0.2, 0) is 11.8 Å². The number of H-pyrrole nitrogens is 1. The van der Waals surface area contributed by atoms with Crippen molar-refractivity contribution in [3.63, 3.8) is 0 Å². The third kappa shape index (κ3) is 4.78. The summed E-state index contributed by atoms with van der Waals surface area (Å²) in [6.45, 7) is 0.